The number of carbonyl (C=O) groups is 8. The summed E-state index contributed by atoms with van der Waals surface area (Å²) in [5.74, 6) is -6.42. The van der Waals surface area contributed by atoms with Crippen LogP contribution in [0.1, 0.15) is 103 Å². The van der Waals surface area contributed by atoms with Gasteiger partial charge in [0, 0.05) is 10.8 Å². The first kappa shape index (κ1) is 39.0. The molecule has 4 N–H and O–H groups in total. The second-order valence-corrected chi connectivity index (χ2v) is 15.0. The number of imide groups is 2. The van der Waals surface area contributed by atoms with E-state index in [4.69, 9.17) is 0 Å². The van der Waals surface area contributed by atoms with Crippen molar-refractivity contribution >= 4 is 68.8 Å². The molecule has 0 fully saturated rings. The average molecular weight is 782 g/mol. The maximum absolute atomic E-state index is 13.7. The van der Waals surface area contributed by atoms with Gasteiger partial charge in [0.15, 0.2) is 0 Å². The fraction of sp³-hybridized carbons (Fsp3) is 0.233. The molecule has 4 aromatic carbocycles. The third kappa shape index (κ3) is 7.36. The molecule has 294 valence electrons. The van der Waals surface area contributed by atoms with Gasteiger partial charge < -0.3 is 10.6 Å². The standard InChI is InChI=1S/C43H39N7O8/c1-22(2)20-32(38(53)47-49-40(55)26-14-5-10-24-11-6-15-27(34(24)26)41(49)56)45-36(51)30-18-9-19-31(44-30)37(52)46-33(21-23(3)4)39(54)48-50-42(57)28-16-7-12-25-13-8-17-29(35(25)28)43(50)58/h5-19,22-23,32-33H,20-21H2,1-4H3,(H,45,51)(H,46,52)(H,47,53)(H,48,54)/t32-,33-/m1/s1. The minimum Gasteiger partial charge on any atom is -0.339 e. The van der Waals surface area contributed by atoms with Gasteiger partial charge in [0.2, 0.25) is 0 Å². The van der Waals surface area contributed by atoms with Crippen molar-refractivity contribution in [1.82, 2.24) is 36.5 Å². The summed E-state index contributed by atoms with van der Waals surface area (Å²) in [5, 5.41) is 8.88. The molecular formula is C43H39N7O8. The highest BCUT2D eigenvalue weighted by molar-refractivity contribution is 6.26. The van der Waals surface area contributed by atoms with Crippen molar-refractivity contribution < 1.29 is 38.4 Å². The minimum atomic E-state index is -1.22. The molecule has 0 radical (unpaired) electrons. The van der Waals surface area contributed by atoms with Crippen LogP contribution in [-0.2, 0) is 9.59 Å². The summed E-state index contributed by atoms with van der Waals surface area (Å²) in [6.45, 7) is 7.29. The number of hydrogen-bond donors (Lipinski definition) is 4. The zero-order chi connectivity index (χ0) is 41.4. The fourth-order valence-corrected chi connectivity index (χ4v) is 7.20. The lowest BCUT2D eigenvalue weighted by atomic mass is 9.95. The Bertz CT molecular complexity index is 2310. The molecule has 2 aliphatic rings. The molecule has 0 saturated carbocycles. The van der Waals surface area contributed by atoms with E-state index in [9.17, 15) is 38.4 Å². The van der Waals surface area contributed by atoms with E-state index in [1.54, 1.807) is 72.8 Å². The van der Waals surface area contributed by atoms with Crippen molar-refractivity contribution in [3.05, 3.63) is 125 Å². The Hall–Kier alpha value is -7.29. The molecule has 0 spiro atoms. The number of amides is 8. The van der Waals surface area contributed by atoms with Crippen LogP contribution >= 0.6 is 0 Å². The molecule has 0 aliphatic carbocycles. The zero-order valence-electron chi connectivity index (χ0n) is 32.0. The number of nitrogens with one attached hydrogen (secondary N) is 4. The number of aromatic nitrogens is 1. The van der Waals surface area contributed by atoms with Crippen LogP contribution < -0.4 is 21.5 Å². The predicted octanol–water partition coefficient (Wildman–Crippen LogP) is 4.33. The highest BCUT2D eigenvalue weighted by Gasteiger charge is 2.38. The van der Waals surface area contributed by atoms with Crippen LogP contribution in [0.15, 0.2) is 91.0 Å². The molecule has 0 saturated heterocycles. The van der Waals surface area contributed by atoms with Gasteiger partial charge in [-0.3, -0.25) is 49.2 Å². The van der Waals surface area contributed by atoms with E-state index < -0.39 is 59.3 Å². The number of benzene rings is 4. The van der Waals surface area contributed by atoms with Gasteiger partial charge in [-0.15, -0.1) is 0 Å². The van der Waals surface area contributed by atoms with Crippen molar-refractivity contribution in [2.24, 2.45) is 11.8 Å². The van der Waals surface area contributed by atoms with Crippen molar-refractivity contribution in [2.45, 2.75) is 52.6 Å². The van der Waals surface area contributed by atoms with E-state index in [0.717, 1.165) is 0 Å². The van der Waals surface area contributed by atoms with Gasteiger partial charge in [-0.05, 0) is 71.8 Å². The predicted molar refractivity (Wildman–Crippen MR) is 211 cm³/mol. The number of nitrogens with zero attached hydrogens (tertiary/aromatic N) is 3. The molecule has 7 rings (SSSR count). The third-order valence-corrected chi connectivity index (χ3v) is 9.86. The summed E-state index contributed by atoms with van der Waals surface area (Å²) in [5.41, 5.74) is 5.28. The first-order valence-corrected chi connectivity index (χ1v) is 18.7. The lowest BCUT2D eigenvalue weighted by Gasteiger charge is -2.29. The van der Waals surface area contributed by atoms with Crippen LogP contribution in [0.2, 0.25) is 0 Å². The van der Waals surface area contributed by atoms with Gasteiger partial charge in [0.25, 0.3) is 47.3 Å². The molecule has 3 heterocycles. The number of carbonyl (C=O) groups excluding carboxylic acids is 8. The normalized spacial score (nSPS) is 14.5. The summed E-state index contributed by atoms with van der Waals surface area (Å²) >= 11 is 0. The Morgan fingerprint density at radius 3 is 1.12 bits per heavy atom. The summed E-state index contributed by atoms with van der Waals surface area (Å²) in [7, 11) is 0. The summed E-state index contributed by atoms with van der Waals surface area (Å²) in [4.78, 5) is 112. The van der Waals surface area contributed by atoms with Crippen LogP contribution in [-0.4, -0.2) is 74.3 Å². The smallest absolute Gasteiger partial charge is 0.280 e. The molecule has 2 atom stereocenters. The lowest BCUT2D eigenvalue weighted by molar-refractivity contribution is -0.127. The highest BCUT2D eigenvalue weighted by Crippen LogP contribution is 2.30. The molecule has 5 aromatic rings. The zero-order valence-corrected chi connectivity index (χ0v) is 32.0. The van der Waals surface area contributed by atoms with E-state index >= 15 is 0 Å². The summed E-state index contributed by atoms with van der Waals surface area (Å²) in [6, 6.07) is 21.7. The molecule has 1 aromatic heterocycles. The number of hydrogen-bond acceptors (Lipinski definition) is 9. The molecule has 58 heavy (non-hydrogen) atoms. The number of rotatable bonds is 12. The van der Waals surface area contributed by atoms with E-state index in [2.05, 4.69) is 26.5 Å². The van der Waals surface area contributed by atoms with E-state index in [1.807, 2.05) is 27.7 Å². The SMILES string of the molecule is CC(C)C[C@@H](NC(=O)c1cccc(C(=O)N[C@H](CC(C)C)C(=O)NN2C(=O)c3cccc4cccc(c34)C2=O)n1)C(=O)NN1C(=O)c2cccc3cccc(c23)C1=O. The topological polar surface area (TPSA) is 204 Å². The average Bonchev–Trinajstić information content (AvgIpc) is 3.21. The van der Waals surface area contributed by atoms with Crippen molar-refractivity contribution in [3.63, 3.8) is 0 Å². The van der Waals surface area contributed by atoms with Crippen molar-refractivity contribution in [2.75, 3.05) is 0 Å². The second kappa shape index (κ2) is 15.7. The quantitative estimate of drug-likeness (QED) is 0.133. The van der Waals surface area contributed by atoms with Crippen LogP contribution in [0, 0.1) is 11.8 Å². The monoisotopic (exact) mass is 781 g/mol. The van der Waals surface area contributed by atoms with E-state index in [0.29, 0.717) is 31.6 Å². The molecular weight excluding hydrogens is 743 g/mol. The Labute approximate surface area is 332 Å². The van der Waals surface area contributed by atoms with Gasteiger partial charge in [-0.25, -0.2) is 4.98 Å². The molecule has 15 heteroatoms. The van der Waals surface area contributed by atoms with Crippen molar-refractivity contribution in [3.8, 4) is 0 Å². The number of pyridine rings is 1. The maximum atomic E-state index is 13.7. The van der Waals surface area contributed by atoms with Gasteiger partial charge in [0.05, 0.1) is 22.3 Å². The van der Waals surface area contributed by atoms with Crippen molar-refractivity contribution in [1.29, 1.82) is 0 Å². The van der Waals surface area contributed by atoms with Gasteiger partial charge in [-0.1, -0.05) is 82.3 Å². The van der Waals surface area contributed by atoms with E-state index in [-0.39, 0.29) is 58.3 Å². The number of hydrazine groups is 2. The molecule has 0 bridgehead atoms. The fourth-order valence-electron chi connectivity index (χ4n) is 7.20. The Balaban J connectivity index is 1.04. The van der Waals surface area contributed by atoms with E-state index in [1.165, 1.54) is 18.2 Å². The van der Waals surface area contributed by atoms with Crippen LogP contribution in [0.5, 0.6) is 0 Å². The Morgan fingerprint density at radius 1 is 0.500 bits per heavy atom. The van der Waals surface area contributed by atoms with Gasteiger partial charge in [0.1, 0.15) is 23.5 Å². The summed E-state index contributed by atoms with van der Waals surface area (Å²) < 4.78 is 0. The van der Waals surface area contributed by atoms with Crippen LogP contribution in [0.25, 0.3) is 21.5 Å². The van der Waals surface area contributed by atoms with Crippen LogP contribution in [0.3, 0.4) is 0 Å². The third-order valence-electron chi connectivity index (χ3n) is 9.86. The molecule has 2 aliphatic heterocycles. The van der Waals surface area contributed by atoms with Gasteiger partial charge in [-0.2, -0.15) is 10.0 Å². The highest BCUT2D eigenvalue weighted by atomic mass is 16.2. The largest absolute Gasteiger partial charge is 0.339 e. The molecule has 15 nitrogen and oxygen atoms in total. The first-order valence-electron chi connectivity index (χ1n) is 18.7. The minimum absolute atomic E-state index is 0.119. The van der Waals surface area contributed by atoms with Crippen LogP contribution in [0.4, 0.5) is 0 Å². The summed E-state index contributed by atoms with van der Waals surface area (Å²) in [6.07, 6.45) is 0.240. The lowest BCUT2D eigenvalue weighted by Crippen LogP contribution is -2.57. The molecule has 8 amide bonds. The van der Waals surface area contributed by atoms with Gasteiger partial charge >= 0.3 is 0 Å². The Kier molecular flexibility index (Phi) is 10.5. The maximum Gasteiger partial charge on any atom is 0.280 e. The first-order chi connectivity index (χ1) is 27.7. The Morgan fingerprint density at radius 2 is 0.810 bits per heavy atom. The molecule has 0 unspecified atom stereocenters. The second-order valence-electron chi connectivity index (χ2n) is 15.0.